The molecule has 3 fully saturated rings. The van der Waals surface area contributed by atoms with Gasteiger partial charge >= 0.3 is 0 Å². The Hall–Kier alpha value is 0.250. The predicted octanol–water partition coefficient (Wildman–Crippen LogP) is 7.90. The van der Waals surface area contributed by atoms with Gasteiger partial charge in [-0.25, -0.2) is 0 Å². The van der Waals surface area contributed by atoms with Crippen molar-refractivity contribution < 1.29 is 0 Å². The Balaban J connectivity index is 1.80. The summed E-state index contributed by atoms with van der Waals surface area (Å²) >= 11 is 6.61. The third-order valence-electron chi connectivity index (χ3n) is 10.3. The van der Waals surface area contributed by atoms with E-state index in [0.29, 0.717) is 22.8 Å². The number of hydrogen-bond donors (Lipinski definition) is 1. The molecule has 9 atom stereocenters. The second-order valence-corrected chi connectivity index (χ2v) is 12.6. The van der Waals surface area contributed by atoms with Gasteiger partial charge in [0.15, 0.2) is 0 Å². The Morgan fingerprint density at radius 1 is 1.03 bits per heavy atom. The van der Waals surface area contributed by atoms with Crippen molar-refractivity contribution in [3.05, 3.63) is 0 Å². The average Bonchev–Trinajstić information content (AvgIpc) is 3.01. The van der Waals surface area contributed by atoms with Crippen molar-refractivity contribution in [3.8, 4) is 0 Å². The molecule has 2 heteroatoms. The number of nitrogens with two attached hydrogens (primary N) is 1. The van der Waals surface area contributed by atoms with Crippen LogP contribution in [0.15, 0.2) is 0 Å². The number of alkyl halides is 1. The fraction of sp³-hybridized carbons (Fsp3) is 1.00. The van der Waals surface area contributed by atoms with Gasteiger partial charge in [0.1, 0.15) is 0 Å². The fourth-order valence-corrected chi connectivity index (χ4v) is 9.08. The molecule has 29 heavy (non-hydrogen) atoms. The van der Waals surface area contributed by atoms with E-state index in [1.54, 1.807) is 0 Å². The number of fused-ring (bicyclic) bond motifs is 3. The maximum absolute atomic E-state index is 6.84. The van der Waals surface area contributed by atoms with Gasteiger partial charge in [0.05, 0.1) is 0 Å². The van der Waals surface area contributed by atoms with Gasteiger partial charge in [-0.1, -0.05) is 67.2 Å². The number of rotatable bonds is 8. The van der Waals surface area contributed by atoms with Gasteiger partial charge in [0.2, 0.25) is 0 Å². The fourth-order valence-electron chi connectivity index (χ4n) is 8.75. The van der Waals surface area contributed by atoms with Crippen molar-refractivity contribution in [2.45, 2.75) is 112 Å². The maximum atomic E-state index is 6.84. The highest BCUT2D eigenvalue weighted by molar-refractivity contribution is 6.18. The smallest absolute Gasteiger partial charge is 0.0255 e. The van der Waals surface area contributed by atoms with Crippen LogP contribution >= 0.6 is 11.6 Å². The first-order valence-corrected chi connectivity index (χ1v) is 13.5. The Morgan fingerprint density at radius 3 is 2.38 bits per heavy atom. The van der Waals surface area contributed by atoms with Crippen LogP contribution in [0.5, 0.6) is 0 Å². The lowest BCUT2D eigenvalue weighted by atomic mass is 9.45. The van der Waals surface area contributed by atoms with Crippen LogP contribution in [0.4, 0.5) is 0 Å². The highest BCUT2D eigenvalue weighted by atomic mass is 35.5. The molecule has 3 saturated carbocycles. The molecule has 0 spiro atoms. The van der Waals surface area contributed by atoms with Crippen LogP contribution in [0, 0.1) is 52.3 Å². The van der Waals surface area contributed by atoms with E-state index >= 15 is 0 Å². The summed E-state index contributed by atoms with van der Waals surface area (Å²) in [5, 5.41) is 0. The minimum atomic E-state index is 0.324. The molecule has 0 radical (unpaired) electrons. The van der Waals surface area contributed by atoms with Gasteiger partial charge in [0.25, 0.3) is 0 Å². The van der Waals surface area contributed by atoms with E-state index in [1.807, 2.05) is 0 Å². The minimum Gasteiger partial charge on any atom is -0.327 e. The van der Waals surface area contributed by atoms with E-state index in [4.69, 9.17) is 17.3 Å². The predicted molar refractivity (Wildman–Crippen MR) is 128 cm³/mol. The standard InChI is InChI=1S/C27H50ClN/c1-7-14-27(6)23-13-15-26(5)21(19(4)10-8-9-18(2)3)11-12-22(26)25(23)20(17-28)16-24(27)29/h18-25H,7-17,29H2,1-6H3. The van der Waals surface area contributed by atoms with E-state index in [2.05, 4.69) is 41.5 Å². The highest BCUT2D eigenvalue weighted by Gasteiger charge is 2.61. The van der Waals surface area contributed by atoms with Crippen molar-refractivity contribution in [3.63, 3.8) is 0 Å². The van der Waals surface area contributed by atoms with Crippen LogP contribution in [-0.4, -0.2) is 11.9 Å². The topological polar surface area (TPSA) is 26.0 Å². The molecule has 0 heterocycles. The van der Waals surface area contributed by atoms with E-state index < -0.39 is 0 Å². The molecule has 0 amide bonds. The summed E-state index contributed by atoms with van der Waals surface area (Å²) in [5.74, 6) is 6.59. The third kappa shape index (κ3) is 4.30. The van der Waals surface area contributed by atoms with Gasteiger partial charge in [-0.3, -0.25) is 0 Å². The Kier molecular flexibility index (Phi) is 7.74. The summed E-state index contributed by atoms with van der Waals surface area (Å²) in [4.78, 5) is 0. The van der Waals surface area contributed by atoms with E-state index in [9.17, 15) is 0 Å². The van der Waals surface area contributed by atoms with Gasteiger partial charge in [-0.05, 0) is 90.8 Å². The van der Waals surface area contributed by atoms with Crippen LogP contribution < -0.4 is 5.73 Å². The zero-order chi connectivity index (χ0) is 21.4. The lowest BCUT2D eigenvalue weighted by Gasteiger charge is -2.61. The number of hydrogen-bond acceptors (Lipinski definition) is 1. The van der Waals surface area contributed by atoms with Crippen LogP contribution in [0.1, 0.15) is 106 Å². The molecular weight excluding hydrogens is 374 g/mol. The summed E-state index contributed by atoms with van der Waals surface area (Å²) in [7, 11) is 0. The molecular formula is C27H50ClN. The van der Waals surface area contributed by atoms with Gasteiger partial charge in [0, 0.05) is 11.9 Å². The van der Waals surface area contributed by atoms with Crippen molar-refractivity contribution >= 4 is 11.6 Å². The molecule has 0 aromatic rings. The Labute approximate surface area is 187 Å². The highest BCUT2D eigenvalue weighted by Crippen LogP contribution is 2.67. The van der Waals surface area contributed by atoms with Crippen molar-refractivity contribution in [2.24, 2.45) is 58.0 Å². The van der Waals surface area contributed by atoms with Crippen LogP contribution in [0.3, 0.4) is 0 Å². The normalized spacial score (nSPS) is 45.8. The van der Waals surface area contributed by atoms with Crippen molar-refractivity contribution in [1.29, 1.82) is 0 Å². The zero-order valence-corrected chi connectivity index (χ0v) is 21.1. The summed E-state index contributed by atoms with van der Waals surface area (Å²) in [5.41, 5.74) is 7.70. The lowest BCUT2D eigenvalue weighted by molar-refractivity contribution is -0.108. The van der Waals surface area contributed by atoms with E-state index in [1.165, 1.54) is 57.8 Å². The monoisotopic (exact) mass is 423 g/mol. The number of halogens is 1. The van der Waals surface area contributed by atoms with E-state index in [-0.39, 0.29) is 0 Å². The summed E-state index contributed by atoms with van der Waals surface area (Å²) in [6, 6.07) is 0.337. The largest absolute Gasteiger partial charge is 0.327 e. The molecule has 3 aliphatic carbocycles. The first-order valence-electron chi connectivity index (χ1n) is 13.0. The van der Waals surface area contributed by atoms with Crippen molar-refractivity contribution in [1.82, 2.24) is 0 Å². The summed E-state index contributed by atoms with van der Waals surface area (Å²) < 4.78 is 0. The molecule has 0 saturated heterocycles. The molecule has 170 valence electrons. The first kappa shape index (κ1) is 23.9. The summed E-state index contributed by atoms with van der Waals surface area (Å²) in [6.45, 7) is 14.9. The molecule has 2 N–H and O–H groups in total. The SMILES string of the molecule is CCCC1(C)C(N)CC(CCl)C2C1CCC1(C)C(C(C)CCCC(C)C)CCC21. The van der Waals surface area contributed by atoms with Gasteiger partial charge < -0.3 is 5.73 Å². The Morgan fingerprint density at radius 2 is 1.76 bits per heavy atom. The molecule has 0 bridgehead atoms. The van der Waals surface area contributed by atoms with Crippen LogP contribution in [-0.2, 0) is 0 Å². The molecule has 3 aliphatic rings. The lowest BCUT2D eigenvalue weighted by Crippen LogP contribution is -2.59. The molecule has 0 aromatic carbocycles. The van der Waals surface area contributed by atoms with Crippen molar-refractivity contribution in [2.75, 3.05) is 5.88 Å². The Bertz CT molecular complexity index is 533. The van der Waals surface area contributed by atoms with E-state index in [0.717, 1.165) is 47.8 Å². The van der Waals surface area contributed by atoms with Crippen LogP contribution in [0.2, 0.25) is 0 Å². The average molecular weight is 424 g/mol. The molecule has 0 aliphatic heterocycles. The second-order valence-electron chi connectivity index (χ2n) is 12.3. The molecule has 0 aromatic heterocycles. The maximum Gasteiger partial charge on any atom is 0.0255 e. The molecule has 1 nitrogen and oxygen atoms in total. The zero-order valence-electron chi connectivity index (χ0n) is 20.4. The van der Waals surface area contributed by atoms with Gasteiger partial charge in [-0.2, -0.15) is 0 Å². The third-order valence-corrected chi connectivity index (χ3v) is 10.7. The molecule has 9 unspecified atom stereocenters. The van der Waals surface area contributed by atoms with Crippen LogP contribution in [0.25, 0.3) is 0 Å². The summed E-state index contributed by atoms with van der Waals surface area (Å²) in [6.07, 6.45) is 13.7. The first-order chi connectivity index (χ1) is 13.7. The minimum absolute atomic E-state index is 0.324. The van der Waals surface area contributed by atoms with Gasteiger partial charge in [-0.15, -0.1) is 11.6 Å². The molecule has 3 rings (SSSR count). The second kappa shape index (κ2) is 9.40. The quantitative estimate of drug-likeness (QED) is 0.394.